The number of ether oxygens (including phenoxy) is 1. The fraction of sp³-hybridized carbons (Fsp3) is 0.469. The summed E-state index contributed by atoms with van der Waals surface area (Å²) in [6, 6.07) is 15.7. The van der Waals surface area contributed by atoms with E-state index in [9.17, 15) is 4.79 Å². The van der Waals surface area contributed by atoms with Gasteiger partial charge in [0.25, 0.3) is 0 Å². The van der Waals surface area contributed by atoms with Crippen molar-refractivity contribution in [3.05, 3.63) is 86.2 Å². The number of aliphatic hydroxyl groups excluding tert-OH is 1. The van der Waals surface area contributed by atoms with Crippen LogP contribution < -0.4 is 21.3 Å². The number of aryl methyl sites for hydroxylation is 1. The molecule has 0 saturated heterocycles. The number of aliphatic hydroxyl groups is 2. The molecule has 234 valence electrons. The Kier molecular flexibility index (Phi) is 16.9. The normalized spacial score (nSPS) is 16.4. The van der Waals surface area contributed by atoms with Crippen LogP contribution in [0.5, 0.6) is 0 Å². The Morgan fingerprint density at radius 2 is 1.67 bits per heavy atom. The number of benzene rings is 2. The predicted molar refractivity (Wildman–Crippen MR) is 177 cm³/mol. The Balaban J connectivity index is 0.000000413. The van der Waals surface area contributed by atoms with Crippen LogP contribution in [0.25, 0.3) is 0 Å². The molecule has 10 heteroatoms. The average molecular weight is 621 g/mol. The van der Waals surface area contributed by atoms with Crippen LogP contribution in [0.1, 0.15) is 84.1 Å². The number of nitrogens with two attached hydrogens (primary N) is 1. The summed E-state index contributed by atoms with van der Waals surface area (Å²) in [5.74, 6) is 0.210. The Morgan fingerprint density at radius 3 is 2.14 bits per heavy atom. The fourth-order valence-electron chi connectivity index (χ4n) is 4.41. The summed E-state index contributed by atoms with van der Waals surface area (Å²) in [5.41, 5.74) is 12.2. The first kappa shape index (κ1) is 37.5. The van der Waals surface area contributed by atoms with Gasteiger partial charge >= 0.3 is 5.97 Å². The minimum atomic E-state index is -0.750. The first-order chi connectivity index (χ1) is 20.0. The number of rotatable bonds is 5. The van der Waals surface area contributed by atoms with Crippen molar-refractivity contribution in [2.24, 2.45) is 5.73 Å². The summed E-state index contributed by atoms with van der Waals surface area (Å²) >= 11 is 7.90. The maximum atomic E-state index is 11.1. The number of fused-ring (bicyclic) bond motifs is 1. The van der Waals surface area contributed by atoms with E-state index in [1.165, 1.54) is 39.2 Å². The minimum absolute atomic E-state index is 0.0825. The van der Waals surface area contributed by atoms with E-state index in [1.54, 1.807) is 12.1 Å². The van der Waals surface area contributed by atoms with E-state index in [-0.39, 0.29) is 24.3 Å². The van der Waals surface area contributed by atoms with Gasteiger partial charge in [-0.15, -0.1) is 11.3 Å². The molecule has 0 saturated carbocycles. The van der Waals surface area contributed by atoms with Gasteiger partial charge in [-0.3, -0.25) is 0 Å². The molecule has 0 amide bonds. The second kappa shape index (κ2) is 18.9. The maximum absolute atomic E-state index is 11.1. The van der Waals surface area contributed by atoms with Gasteiger partial charge in [0, 0.05) is 22.0 Å². The number of hydrogen-bond donors (Lipinski definition) is 5. The average Bonchev–Trinajstić information content (AvgIpc) is 3.19. The van der Waals surface area contributed by atoms with Gasteiger partial charge < -0.3 is 36.2 Å². The monoisotopic (exact) mass is 620 g/mol. The highest BCUT2D eigenvalue weighted by molar-refractivity contribution is 7.16. The van der Waals surface area contributed by atoms with Gasteiger partial charge in [0.1, 0.15) is 6.79 Å². The number of carbonyl (C=O) groups is 1. The van der Waals surface area contributed by atoms with Crippen LogP contribution in [0.15, 0.2) is 48.5 Å². The van der Waals surface area contributed by atoms with Crippen molar-refractivity contribution in [2.45, 2.75) is 72.8 Å². The van der Waals surface area contributed by atoms with Gasteiger partial charge in [-0.1, -0.05) is 63.6 Å². The fourth-order valence-corrected chi connectivity index (χ4v) is 5.87. The lowest BCUT2D eigenvalue weighted by molar-refractivity contribution is 0.0600. The van der Waals surface area contributed by atoms with Gasteiger partial charge in [0.05, 0.1) is 36.0 Å². The van der Waals surface area contributed by atoms with Gasteiger partial charge in [-0.05, 0) is 74.7 Å². The topological polar surface area (TPSA) is 120 Å². The first-order valence-corrected chi connectivity index (χ1v) is 15.4. The van der Waals surface area contributed by atoms with Crippen LogP contribution in [0.2, 0.25) is 5.02 Å². The molecule has 4 rings (SSSR count). The highest BCUT2D eigenvalue weighted by Crippen LogP contribution is 2.43. The Morgan fingerprint density at radius 1 is 1.12 bits per heavy atom. The van der Waals surface area contributed by atoms with Crippen LogP contribution in [0.4, 0.5) is 5.00 Å². The molecule has 1 aliphatic rings. The third-order valence-corrected chi connectivity index (χ3v) is 8.35. The van der Waals surface area contributed by atoms with Crippen LogP contribution >= 0.6 is 22.9 Å². The number of halogens is 1. The lowest BCUT2D eigenvalue weighted by atomic mass is 9.96. The molecule has 6 N–H and O–H groups in total. The third kappa shape index (κ3) is 10.1. The molecular formula is C32H49ClN4O4S. The number of nitrogens with zero attached hydrogens (tertiary/aromatic N) is 1. The van der Waals surface area contributed by atoms with Crippen molar-refractivity contribution >= 4 is 33.9 Å². The van der Waals surface area contributed by atoms with Gasteiger partial charge in [0.2, 0.25) is 0 Å². The van der Waals surface area contributed by atoms with Crippen LogP contribution in [0.3, 0.4) is 0 Å². The second-order valence-corrected chi connectivity index (χ2v) is 11.4. The Bertz CT molecular complexity index is 1200. The zero-order valence-electron chi connectivity index (χ0n) is 26.4. The van der Waals surface area contributed by atoms with E-state index in [2.05, 4.69) is 67.0 Å². The lowest BCUT2D eigenvalue weighted by Gasteiger charge is -2.34. The van der Waals surface area contributed by atoms with Crippen molar-refractivity contribution in [3.8, 4) is 0 Å². The van der Waals surface area contributed by atoms with E-state index >= 15 is 0 Å². The molecular weight excluding hydrogens is 572 g/mol. The number of nitrogens with one attached hydrogen (secondary N) is 2. The highest BCUT2D eigenvalue weighted by atomic mass is 35.5. The molecule has 3 atom stereocenters. The van der Waals surface area contributed by atoms with Crippen LogP contribution in [-0.2, 0) is 4.74 Å². The molecule has 1 aliphatic heterocycles. The summed E-state index contributed by atoms with van der Waals surface area (Å²) in [7, 11) is 3.36. The van der Waals surface area contributed by atoms with E-state index in [0.717, 1.165) is 11.6 Å². The second-order valence-electron chi connectivity index (χ2n) is 9.74. The minimum Gasteiger partial charge on any atom is -0.465 e. The number of carbonyl (C=O) groups excluding carboxylic acids is 1. The summed E-state index contributed by atoms with van der Waals surface area (Å²) in [6.07, 6.45) is 0.0860. The molecule has 3 aromatic rings. The van der Waals surface area contributed by atoms with Gasteiger partial charge in [-0.2, -0.15) is 0 Å². The van der Waals surface area contributed by atoms with Crippen molar-refractivity contribution in [2.75, 3.05) is 32.4 Å². The maximum Gasteiger partial charge on any atom is 0.337 e. The highest BCUT2D eigenvalue weighted by Gasteiger charge is 2.33. The molecule has 0 aliphatic carbocycles. The van der Waals surface area contributed by atoms with E-state index in [0.29, 0.717) is 11.5 Å². The largest absolute Gasteiger partial charge is 0.465 e. The molecule has 2 aromatic carbocycles. The first-order valence-electron chi connectivity index (χ1n) is 14.2. The van der Waals surface area contributed by atoms with Crippen molar-refractivity contribution < 1.29 is 19.7 Å². The molecule has 42 heavy (non-hydrogen) atoms. The zero-order valence-corrected chi connectivity index (χ0v) is 27.9. The van der Waals surface area contributed by atoms with Gasteiger partial charge in [-0.25, -0.2) is 4.79 Å². The molecule has 2 heterocycles. The number of hydrogen-bond acceptors (Lipinski definition) is 9. The summed E-state index contributed by atoms with van der Waals surface area (Å²) in [5, 5.41) is 23.2. The predicted octanol–water partition coefficient (Wildman–Crippen LogP) is 5.92. The Hall–Kier alpha value is -2.50. The quantitative estimate of drug-likeness (QED) is 0.176. The molecule has 3 unspecified atom stereocenters. The number of methoxy groups -OCH3 is 1. The molecule has 0 radical (unpaired) electrons. The van der Waals surface area contributed by atoms with Gasteiger partial charge in [0.15, 0.2) is 0 Å². The molecule has 0 spiro atoms. The smallest absolute Gasteiger partial charge is 0.337 e. The molecule has 0 bridgehead atoms. The zero-order chi connectivity index (χ0) is 32.0. The number of anilines is 1. The number of thiophene rings is 1. The standard InChI is InChI=1S/C18H25ClN4S.C11H14O2.C2H6.CH4O2/c1-10-11(2)24-18-16(10)17(13-5-7-14(19)8-6-13)22-9-15(20)23(18)12(3)21-4;1-8(2)9-4-6-10(7-5-9)11(12)13-3;1-2;2-1-3/h5-8,12,15,17,21-22H,9,20H2,1-4H3;4-8H,1-3H3;1-2H3;2-3H,1H2. The SMILES string of the molecule is CC.CNC(C)N1c2sc(C)c(C)c2C(c2ccc(Cl)cc2)NCC1N.COC(=O)c1ccc(C(C)C)cc1.OCO. The number of esters is 1. The summed E-state index contributed by atoms with van der Waals surface area (Å²) in [4.78, 5) is 14.7. The van der Waals surface area contributed by atoms with E-state index in [4.69, 9.17) is 27.5 Å². The summed E-state index contributed by atoms with van der Waals surface area (Å²) < 4.78 is 4.60. The van der Waals surface area contributed by atoms with Crippen molar-refractivity contribution in [1.29, 1.82) is 0 Å². The van der Waals surface area contributed by atoms with Crippen LogP contribution in [0, 0.1) is 13.8 Å². The van der Waals surface area contributed by atoms with Crippen LogP contribution in [-0.4, -0.2) is 56.0 Å². The van der Waals surface area contributed by atoms with Crippen molar-refractivity contribution in [3.63, 3.8) is 0 Å². The third-order valence-electron chi connectivity index (χ3n) is 6.86. The molecule has 0 fully saturated rings. The van der Waals surface area contributed by atoms with E-state index in [1.807, 2.05) is 56.5 Å². The molecule has 1 aromatic heterocycles. The Labute approximate surface area is 260 Å². The molecule has 8 nitrogen and oxygen atoms in total. The summed E-state index contributed by atoms with van der Waals surface area (Å²) in [6.45, 7) is 14.7. The lowest BCUT2D eigenvalue weighted by Crippen LogP contribution is -2.54. The van der Waals surface area contributed by atoms with Crippen molar-refractivity contribution in [1.82, 2.24) is 10.6 Å². The van der Waals surface area contributed by atoms with E-state index < -0.39 is 6.79 Å².